The van der Waals surface area contributed by atoms with Gasteiger partial charge in [-0.1, -0.05) is 36.2 Å². The maximum atomic E-state index is 13.0. The van der Waals surface area contributed by atoms with Gasteiger partial charge in [0, 0.05) is 24.4 Å². The first-order valence-corrected chi connectivity index (χ1v) is 12.3. The van der Waals surface area contributed by atoms with E-state index in [2.05, 4.69) is 5.32 Å². The van der Waals surface area contributed by atoms with Crippen molar-refractivity contribution in [1.82, 2.24) is 15.1 Å². The van der Waals surface area contributed by atoms with Crippen LogP contribution in [-0.4, -0.2) is 59.9 Å². The summed E-state index contributed by atoms with van der Waals surface area (Å²) >= 11 is 7.63. The van der Waals surface area contributed by atoms with Gasteiger partial charge in [0.2, 0.25) is 11.8 Å². The number of carbonyl (C=O) groups is 3. The Morgan fingerprint density at radius 3 is 2.67 bits per heavy atom. The van der Waals surface area contributed by atoms with Crippen molar-refractivity contribution in [3.05, 3.63) is 51.7 Å². The standard InChI is InChI=1S/C23H29ClN4O4S/c24-18-8-3-4-9-20(18)32-23(31)27-12-13-28(21(29)10-2-1-5-11-25)19(16-27)22(30)26-15-17-7-6-14-33-17/h3-4,6-9,14,19H,1-2,5,10-13,15-16,25H2,(H,26,30)/t19-/m0/s1. The lowest BCUT2D eigenvalue weighted by atomic mass is 10.1. The van der Waals surface area contributed by atoms with Crippen LogP contribution in [0.2, 0.25) is 5.02 Å². The molecule has 0 saturated carbocycles. The molecule has 0 radical (unpaired) electrons. The normalized spacial score (nSPS) is 15.9. The highest BCUT2D eigenvalue weighted by Gasteiger charge is 2.37. The first-order valence-electron chi connectivity index (χ1n) is 11.0. The van der Waals surface area contributed by atoms with Crippen LogP contribution < -0.4 is 15.8 Å². The molecule has 3 N–H and O–H groups in total. The van der Waals surface area contributed by atoms with E-state index in [0.29, 0.717) is 31.0 Å². The summed E-state index contributed by atoms with van der Waals surface area (Å²) in [6, 6.07) is 9.75. The van der Waals surface area contributed by atoms with Crippen LogP contribution in [0, 0.1) is 0 Å². The third-order valence-electron chi connectivity index (χ3n) is 5.41. The fraction of sp³-hybridized carbons (Fsp3) is 0.435. The molecule has 1 saturated heterocycles. The van der Waals surface area contributed by atoms with E-state index in [1.165, 1.54) is 16.2 Å². The quantitative estimate of drug-likeness (QED) is 0.523. The topological polar surface area (TPSA) is 105 Å². The number of para-hydroxylation sites is 1. The number of halogens is 1. The van der Waals surface area contributed by atoms with Crippen molar-refractivity contribution >= 4 is 40.8 Å². The molecule has 2 heterocycles. The van der Waals surface area contributed by atoms with Crippen molar-refractivity contribution in [3.63, 3.8) is 0 Å². The summed E-state index contributed by atoms with van der Waals surface area (Å²) < 4.78 is 5.43. The highest BCUT2D eigenvalue weighted by molar-refractivity contribution is 7.09. The summed E-state index contributed by atoms with van der Waals surface area (Å²) in [5.41, 5.74) is 5.53. The minimum Gasteiger partial charge on any atom is -0.409 e. The lowest BCUT2D eigenvalue weighted by Gasteiger charge is -2.40. The lowest BCUT2D eigenvalue weighted by Crippen LogP contribution is -2.61. The number of piperazine rings is 1. The SMILES string of the molecule is NCCCCCC(=O)N1CCN(C(=O)Oc2ccccc2Cl)C[C@H]1C(=O)NCc1cccs1. The highest BCUT2D eigenvalue weighted by Crippen LogP contribution is 2.24. The molecule has 0 aliphatic carbocycles. The van der Waals surface area contributed by atoms with Gasteiger partial charge in [-0.15, -0.1) is 11.3 Å². The molecule has 1 atom stereocenters. The molecule has 1 aliphatic heterocycles. The Morgan fingerprint density at radius 2 is 1.94 bits per heavy atom. The third kappa shape index (κ3) is 7.18. The lowest BCUT2D eigenvalue weighted by molar-refractivity contribution is -0.143. The molecule has 1 aromatic carbocycles. The molecule has 1 aliphatic rings. The van der Waals surface area contributed by atoms with Crippen LogP contribution in [0.4, 0.5) is 4.79 Å². The van der Waals surface area contributed by atoms with Crippen molar-refractivity contribution in [2.24, 2.45) is 5.73 Å². The van der Waals surface area contributed by atoms with E-state index < -0.39 is 12.1 Å². The Bertz CT molecular complexity index is 940. The second-order valence-electron chi connectivity index (χ2n) is 7.74. The first kappa shape index (κ1) is 25.0. The van der Waals surface area contributed by atoms with Crippen LogP contribution >= 0.6 is 22.9 Å². The van der Waals surface area contributed by atoms with Gasteiger partial charge in [-0.2, -0.15) is 0 Å². The van der Waals surface area contributed by atoms with E-state index in [4.69, 9.17) is 22.1 Å². The number of ether oxygens (including phenoxy) is 1. The Hall–Kier alpha value is -2.62. The van der Waals surface area contributed by atoms with Gasteiger partial charge in [0.05, 0.1) is 18.1 Å². The van der Waals surface area contributed by atoms with Crippen molar-refractivity contribution in [1.29, 1.82) is 0 Å². The monoisotopic (exact) mass is 492 g/mol. The fourth-order valence-electron chi connectivity index (χ4n) is 3.60. The number of nitrogens with zero attached hydrogens (tertiary/aromatic N) is 2. The molecule has 3 amide bonds. The molecule has 0 spiro atoms. The Balaban J connectivity index is 1.66. The van der Waals surface area contributed by atoms with E-state index >= 15 is 0 Å². The molecule has 1 fully saturated rings. The molecule has 3 rings (SSSR count). The molecule has 10 heteroatoms. The van der Waals surface area contributed by atoms with E-state index in [-0.39, 0.29) is 37.2 Å². The first-order chi connectivity index (χ1) is 16.0. The van der Waals surface area contributed by atoms with Crippen molar-refractivity contribution in [3.8, 4) is 5.75 Å². The number of carbonyl (C=O) groups excluding carboxylic acids is 3. The van der Waals surface area contributed by atoms with Crippen LogP contribution in [0.25, 0.3) is 0 Å². The van der Waals surface area contributed by atoms with Gasteiger partial charge in [-0.3, -0.25) is 9.59 Å². The zero-order valence-electron chi connectivity index (χ0n) is 18.4. The van der Waals surface area contributed by atoms with Crippen LogP contribution in [0.15, 0.2) is 41.8 Å². The number of hydrogen-bond acceptors (Lipinski definition) is 6. The molecule has 33 heavy (non-hydrogen) atoms. The maximum Gasteiger partial charge on any atom is 0.415 e. The molecular weight excluding hydrogens is 464 g/mol. The number of hydrogen-bond donors (Lipinski definition) is 2. The van der Waals surface area contributed by atoms with Crippen LogP contribution in [0.3, 0.4) is 0 Å². The van der Waals surface area contributed by atoms with Crippen LogP contribution in [0.5, 0.6) is 5.75 Å². The number of unbranched alkanes of at least 4 members (excludes halogenated alkanes) is 2. The number of nitrogens with two attached hydrogens (primary N) is 1. The second kappa shape index (κ2) is 12.6. The Kier molecular flexibility index (Phi) is 9.53. The second-order valence-corrected chi connectivity index (χ2v) is 9.18. The van der Waals surface area contributed by atoms with E-state index in [1.54, 1.807) is 29.2 Å². The number of thiophene rings is 1. The van der Waals surface area contributed by atoms with E-state index in [0.717, 1.165) is 17.7 Å². The fourth-order valence-corrected chi connectivity index (χ4v) is 4.42. The third-order valence-corrected chi connectivity index (χ3v) is 6.60. The Morgan fingerprint density at radius 1 is 1.12 bits per heavy atom. The molecule has 0 unspecified atom stereocenters. The zero-order chi connectivity index (χ0) is 23.6. The highest BCUT2D eigenvalue weighted by atomic mass is 35.5. The van der Waals surface area contributed by atoms with Gasteiger partial charge in [0.1, 0.15) is 6.04 Å². The van der Waals surface area contributed by atoms with Crippen LogP contribution in [-0.2, 0) is 16.1 Å². The average Bonchev–Trinajstić information content (AvgIpc) is 3.35. The summed E-state index contributed by atoms with van der Waals surface area (Å²) in [4.78, 5) is 42.7. The van der Waals surface area contributed by atoms with Gasteiger partial charge in [-0.25, -0.2) is 4.79 Å². The molecular formula is C23H29ClN4O4S. The summed E-state index contributed by atoms with van der Waals surface area (Å²) in [6.45, 7) is 1.54. The molecule has 178 valence electrons. The van der Waals surface area contributed by atoms with E-state index in [1.807, 2.05) is 17.5 Å². The number of benzene rings is 1. The predicted molar refractivity (Wildman–Crippen MR) is 128 cm³/mol. The predicted octanol–water partition coefficient (Wildman–Crippen LogP) is 3.25. The Labute approximate surface area is 202 Å². The number of rotatable bonds is 9. The van der Waals surface area contributed by atoms with Crippen molar-refractivity contribution in [2.75, 3.05) is 26.2 Å². The summed E-state index contributed by atoms with van der Waals surface area (Å²) in [5, 5.41) is 5.15. The maximum absolute atomic E-state index is 13.0. The minimum absolute atomic E-state index is 0.0497. The van der Waals surface area contributed by atoms with Gasteiger partial charge in [0.25, 0.3) is 0 Å². The van der Waals surface area contributed by atoms with Gasteiger partial charge in [0.15, 0.2) is 5.75 Å². The molecule has 2 aromatic rings. The summed E-state index contributed by atoms with van der Waals surface area (Å²) in [7, 11) is 0. The van der Waals surface area contributed by atoms with Crippen molar-refractivity contribution < 1.29 is 19.1 Å². The molecule has 1 aromatic heterocycles. The summed E-state index contributed by atoms with van der Waals surface area (Å²) in [5.74, 6) is -0.141. The largest absolute Gasteiger partial charge is 0.415 e. The number of nitrogens with one attached hydrogen (secondary N) is 1. The smallest absolute Gasteiger partial charge is 0.409 e. The van der Waals surface area contributed by atoms with Gasteiger partial charge >= 0.3 is 6.09 Å². The zero-order valence-corrected chi connectivity index (χ0v) is 19.9. The average molecular weight is 493 g/mol. The van der Waals surface area contributed by atoms with Gasteiger partial charge < -0.3 is 25.6 Å². The molecule has 8 nitrogen and oxygen atoms in total. The van der Waals surface area contributed by atoms with Gasteiger partial charge in [-0.05, 0) is 43.0 Å². The van der Waals surface area contributed by atoms with Crippen LogP contribution in [0.1, 0.15) is 30.6 Å². The molecule has 0 bridgehead atoms. The van der Waals surface area contributed by atoms with E-state index in [9.17, 15) is 14.4 Å². The summed E-state index contributed by atoms with van der Waals surface area (Å²) in [6.07, 6.45) is 2.18. The minimum atomic E-state index is -0.792. The number of amides is 3. The van der Waals surface area contributed by atoms with Crippen molar-refractivity contribution in [2.45, 2.75) is 38.3 Å².